The zero-order valence-corrected chi connectivity index (χ0v) is 12.1. The highest BCUT2D eigenvalue weighted by molar-refractivity contribution is 7.98. The average molecular weight is 296 g/mol. The van der Waals surface area contributed by atoms with E-state index in [0.29, 0.717) is 16.1 Å². The van der Waals surface area contributed by atoms with Gasteiger partial charge in [0, 0.05) is 23.7 Å². The van der Waals surface area contributed by atoms with Gasteiger partial charge < -0.3 is 4.98 Å². The van der Waals surface area contributed by atoms with Crippen molar-refractivity contribution in [2.75, 3.05) is 0 Å². The normalized spacial score (nSPS) is 10.6. The van der Waals surface area contributed by atoms with E-state index < -0.39 is 0 Å². The minimum absolute atomic E-state index is 0.103. The van der Waals surface area contributed by atoms with Crippen molar-refractivity contribution in [1.29, 1.82) is 0 Å². The van der Waals surface area contributed by atoms with Gasteiger partial charge in [0.05, 0.1) is 0 Å². The molecule has 0 spiro atoms. The molecule has 1 N–H and O–H groups in total. The molecule has 6 heteroatoms. The smallest absolute Gasteiger partial charge is 0.251 e. The van der Waals surface area contributed by atoms with Crippen LogP contribution in [0, 0.1) is 0 Å². The Hall–Kier alpha value is -1.33. The highest BCUT2D eigenvalue weighted by atomic mass is 35.5. The maximum atomic E-state index is 11.5. The summed E-state index contributed by atoms with van der Waals surface area (Å²) in [5.41, 5.74) is 1.78. The van der Waals surface area contributed by atoms with E-state index in [4.69, 9.17) is 11.6 Å². The molecule has 0 atom stereocenters. The van der Waals surface area contributed by atoms with Crippen molar-refractivity contribution in [2.45, 2.75) is 30.7 Å². The highest BCUT2D eigenvalue weighted by Gasteiger charge is 2.03. The fourth-order valence-electron chi connectivity index (χ4n) is 1.62. The lowest BCUT2D eigenvalue weighted by molar-refractivity contribution is 0.816. The van der Waals surface area contributed by atoms with Crippen LogP contribution >= 0.6 is 23.4 Å². The molecule has 0 aliphatic rings. The van der Waals surface area contributed by atoms with Crippen molar-refractivity contribution in [2.24, 2.45) is 0 Å². The molecule has 0 saturated carbocycles. The quantitative estimate of drug-likeness (QED) is 0.523. The Balaban J connectivity index is 2.09. The van der Waals surface area contributed by atoms with E-state index in [-0.39, 0.29) is 5.56 Å². The second-order valence-electron chi connectivity index (χ2n) is 4.07. The van der Waals surface area contributed by atoms with E-state index >= 15 is 0 Å². The first-order chi connectivity index (χ1) is 9.17. The molecule has 100 valence electrons. The lowest BCUT2D eigenvalue weighted by Crippen LogP contribution is -2.09. The van der Waals surface area contributed by atoms with Crippen LogP contribution in [0.5, 0.6) is 0 Å². The summed E-state index contributed by atoms with van der Waals surface area (Å²) in [5, 5.41) is 1.11. The SMILES string of the molecule is CCCc1cc(=O)[nH]c(SCc2ccnc(Cl)c2)n1. The van der Waals surface area contributed by atoms with Crippen LogP contribution in [-0.4, -0.2) is 15.0 Å². The Morgan fingerprint density at radius 3 is 3.00 bits per heavy atom. The maximum absolute atomic E-state index is 11.5. The molecular weight excluding hydrogens is 282 g/mol. The summed E-state index contributed by atoms with van der Waals surface area (Å²) >= 11 is 7.31. The topological polar surface area (TPSA) is 58.6 Å². The van der Waals surface area contributed by atoms with E-state index in [9.17, 15) is 4.79 Å². The Kier molecular flexibility index (Phi) is 4.99. The van der Waals surface area contributed by atoms with E-state index in [1.54, 1.807) is 12.3 Å². The van der Waals surface area contributed by atoms with E-state index in [0.717, 1.165) is 24.1 Å². The van der Waals surface area contributed by atoms with Gasteiger partial charge in [-0.15, -0.1) is 0 Å². The molecular formula is C13H14ClN3OS. The van der Waals surface area contributed by atoms with Gasteiger partial charge in [0.2, 0.25) is 0 Å². The van der Waals surface area contributed by atoms with Gasteiger partial charge in [0.1, 0.15) is 5.15 Å². The summed E-state index contributed by atoms with van der Waals surface area (Å²) in [6, 6.07) is 5.26. The number of nitrogens with one attached hydrogen (secondary N) is 1. The first-order valence-electron chi connectivity index (χ1n) is 6.01. The molecule has 0 bridgehead atoms. The molecule has 0 saturated heterocycles. The number of hydrogen-bond acceptors (Lipinski definition) is 4. The van der Waals surface area contributed by atoms with E-state index in [2.05, 4.69) is 21.9 Å². The third-order valence-electron chi connectivity index (χ3n) is 2.45. The number of aromatic amines is 1. The third kappa shape index (κ3) is 4.36. The molecule has 0 amide bonds. The molecule has 0 radical (unpaired) electrons. The molecule has 2 heterocycles. The van der Waals surface area contributed by atoms with Crippen molar-refractivity contribution in [1.82, 2.24) is 15.0 Å². The first kappa shape index (κ1) is 14.1. The lowest BCUT2D eigenvalue weighted by Gasteiger charge is -2.03. The molecule has 0 aromatic carbocycles. The van der Waals surface area contributed by atoms with Crippen LogP contribution in [0.2, 0.25) is 5.15 Å². The predicted octanol–water partition coefficient (Wildman–Crippen LogP) is 3.06. The number of H-pyrrole nitrogens is 1. The van der Waals surface area contributed by atoms with Gasteiger partial charge >= 0.3 is 0 Å². The summed E-state index contributed by atoms with van der Waals surface area (Å²) < 4.78 is 0. The zero-order chi connectivity index (χ0) is 13.7. The molecule has 19 heavy (non-hydrogen) atoms. The number of aryl methyl sites for hydroxylation is 1. The van der Waals surface area contributed by atoms with E-state index in [1.165, 1.54) is 11.8 Å². The number of nitrogens with zero attached hydrogens (tertiary/aromatic N) is 2. The Bertz CT molecular complexity index is 615. The van der Waals surface area contributed by atoms with Crippen LogP contribution in [0.15, 0.2) is 34.3 Å². The Labute approximate surface area is 120 Å². The summed E-state index contributed by atoms with van der Waals surface area (Å²) in [5.74, 6) is 0.695. The van der Waals surface area contributed by atoms with Crippen LogP contribution in [0.25, 0.3) is 0 Å². The number of halogens is 1. The molecule has 0 unspecified atom stereocenters. The monoisotopic (exact) mass is 295 g/mol. The Morgan fingerprint density at radius 1 is 1.42 bits per heavy atom. The minimum atomic E-state index is -0.103. The van der Waals surface area contributed by atoms with Crippen molar-refractivity contribution in [3.8, 4) is 0 Å². The first-order valence-corrected chi connectivity index (χ1v) is 7.37. The predicted molar refractivity (Wildman–Crippen MR) is 77.7 cm³/mol. The molecule has 0 fully saturated rings. The average Bonchev–Trinajstić information content (AvgIpc) is 2.36. The van der Waals surface area contributed by atoms with Gasteiger partial charge in [0.25, 0.3) is 5.56 Å². The number of hydrogen-bond donors (Lipinski definition) is 1. The third-order valence-corrected chi connectivity index (χ3v) is 3.60. The molecule has 0 aliphatic heterocycles. The number of pyridine rings is 1. The van der Waals surface area contributed by atoms with Crippen molar-refractivity contribution in [3.05, 3.63) is 51.2 Å². The van der Waals surface area contributed by atoms with Crippen LogP contribution < -0.4 is 5.56 Å². The number of rotatable bonds is 5. The van der Waals surface area contributed by atoms with Gasteiger partial charge in [-0.2, -0.15) is 0 Å². The highest BCUT2D eigenvalue weighted by Crippen LogP contribution is 2.19. The second kappa shape index (κ2) is 6.73. The largest absolute Gasteiger partial charge is 0.301 e. The lowest BCUT2D eigenvalue weighted by atomic mass is 10.2. The van der Waals surface area contributed by atoms with Crippen LogP contribution in [0.3, 0.4) is 0 Å². The standard InChI is InChI=1S/C13H14ClN3OS/c1-2-3-10-7-12(18)17-13(16-10)19-8-9-4-5-15-11(14)6-9/h4-7H,2-3,8H2,1H3,(H,16,17,18). The van der Waals surface area contributed by atoms with Gasteiger partial charge in [-0.05, 0) is 24.1 Å². The molecule has 0 aliphatic carbocycles. The molecule has 2 aromatic heterocycles. The summed E-state index contributed by atoms with van der Waals surface area (Å²) in [7, 11) is 0. The van der Waals surface area contributed by atoms with Crippen molar-refractivity contribution in [3.63, 3.8) is 0 Å². The molecule has 4 nitrogen and oxygen atoms in total. The second-order valence-corrected chi connectivity index (χ2v) is 5.42. The number of thioether (sulfide) groups is 1. The van der Waals surface area contributed by atoms with Crippen LogP contribution in [0.1, 0.15) is 24.6 Å². The summed E-state index contributed by atoms with van der Waals surface area (Å²) in [6.45, 7) is 2.06. The fourth-order valence-corrected chi connectivity index (χ4v) is 2.65. The van der Waals surface area contributed by atoms with Gasteiger partial charge in [-0.1, -0.05) is 36.7 Å². The summed E-state index contributed by atoms with van der Waals surface area (Å²) in [6.07, 6.45) is 3.46. The fraction of sp³-hybridized carbons (Fsp3) is 0.308. The number of aromatic nitrogens is 3. The van der Waals surface area contributed by atoms with E-state index in [1.807, 2.05) is 12.1 Å². The Morgan fingerprint density at radius 2 is 2.26 bits per heavy atom. The zero-order valence-electron chi connectivity index (χ0n) is 10.5. The van der Waals surface area contributed by atoms with Gasteiger partial charge in [0.15, 0.2) is 5.16 Å². The van der Waals surface area contributed by atoms with Crippen LogP contribution in [0.4, 0.5) is 0 Å². The van der Waals surface area contributed by atoms with Gasteiger partial charge in [-0.25, -0.2) is 9.97 Å². The van der Waals surface area contributed by atoms with Crippen molar-refractivity contribution >= 4 is 23.4 Å². The summed E-state index contributed by atoms with van der Waals surface area (Å²) in [4.78, 5) is 22.6. The van der Waals surface area contributed by atoms with Crippen molar-refractivity contribution < 1.29 is 0 Å². The minimum Gasteiger partial charge on any atom is -0.301 e. The van der Waals surface area contributed by atoms with Gasteiger partial charge in [-0.3, -0.25) is 4.79 Å². The maximum Gasteiger partial charge on any atom is 0.251 e. The molecule has 2 aromatic rings. The van der Waals surface area contributed by atoms with Crippen LogP contribution in [-0.2, 0) is 12.2 Å². The molecule has 2 rings (SSSR count).